The summed E-state index contributed by atoms with van der Waals surface area (Å²) in [6, 6.07) is 5.87. The highest BCUT2D eigenvalue weighted by Crippen LogP contribution is 2.36. The van der Waals surface area contributed by atoms with E-state index in [4.69, 9.17) is 9.31 Å². The number of aromatic nitrogens is 2. The molecule has 1 aliphatic heterocycles. The largest absolute Gasteiger partial charge is 0.496 e. The Kier molecular flexibility index (Phi) is 3.87. The summed E-state index contributed by atoms with van der Waals surface area (Å²) in [5.41, 5.74) is 2.09. The predicted octanol–water partition coefficient (Wildman–Crippen LogP) is 3.21. The predicted molar refractivity (Wildman–Crippen MR) is 90.9 cm³/mol. The number of hydrogen-bond acceptors (Lipinski definition) is 4. The topological polar surface area (TPSA) is 44.2 Å². The smallest absolute Gasteiger partial charge is 0.399 e. The van der Waals surface area contributed by atoms with Crippen molar-refractivity contribution >= 4 is 28.5 Å². The standard InChI is InChI=1S/C16H18BBrN2O2/c1-15(2)16(3,4)22-17(21-15)12-9-13(18)14(20-10-12)11-5-7-19-8-6-11/h5-10H,1-4H3. The molecule has 0 radical (unpaired) electrons. The molecule has 1 saturated heterocycles. The highest BCUT2D eigenvalue weighted by Gasteiger charge is 2.51. The van der Waals surface area contributed by atoms with Gasteiger partial charge in [0.15, 0.2) is 0 Å². The third-order valence-corrected chi connectivity index (χ3v) is 4.95. The molecule has 0 spiro atoms. The number of hydrogen-bond donors (Lipinski definition) is 0. The van der Waals surface area contributed by atoms with Gasteiger partial charge in [0.1, 0.15) is 0 Å². The normalized spacial score (nSPS) is 19.4. The number of rotatable bonds is 2. The average Bonchev–Trinajstić information content (AvgIpc) is 2.68. The van der Waals surface area contributed by atoms with Crippen molar-refractivity contribution in [3.63, 3.8) is 0 Å². The Morgan fingerprint density at radius 2 is 1.64 bits per heavy atom. The van der Waals surface area contributed by atoms with Gasteiger partial charge in [-0.15, -0.1) is 0 Å². The van der Waals surface area contributed by atoms with E-state index >= 15 is 0 Å². The first-order chi connectivity index (χ1) is 10.3. The number of pyridine rings is 2. The molecule has 3 rings (SSSR count). The van der Waals surface area contributed by atoms with Crippen LogP contribution in [0, 0.1) is 0 Å². The molecule has 4 nitrogen and oxygen atoms in total. The van der Waals surface area contributed by atoms with E-state index in [-0.39, 0.29) is 11.2 Å². The first kappa shape index (κ1) is 15.7. The van der Waals surface area contributed by atoms with E-state index in [0.717, 1.165) is 21.2 Å². The molecule has 114 valence electrons. The fourth-order valence-corrected chi connectivity index (χ4v) is 2.88. The summed E-state index contributed by atoms with van der Waals surface area (Å²) in [5, 5.41) is 0. The third-order valence-electron chi connectivity index (χ3n) is 4.34. The van der Waals surface area contributed by atoms with Crippen molar-refractivity contribution in [3.05, 3.63) is 41.3 Å². The molecule has 6 heteroatoms. The second-order valence-corrected chi connectivity index (χ2v) is 7.28. The molecule has 0 unspecified atom stereocenters. The van der Waals surface area contributed by atoms with Gasteiger partial charge in [-0.3, -0.25) is 9.97 Å². The molecule has 0 bridgehead atoms. The van der Waals surface area contributed by atoms with E-state index in [9.17, 15) is 0 Å². The van der Waals surface area contributed by atoms with Crippen LogP contribution >= 0.6 is 15.9 Å². The summed E-state index contributed by atoms with van der Waals surface area (Å²) in [4.78, 5) is 8.58. The fourth-order valence-electron chi connectivity index (χ4n) is 2.28. The zero-order valence-electron chi connectivity index (χ0n) is 13.1. The van der Waals surface area contributed by atoms with Crippen molar-refractivity contribution < 1.29 is 9.31 Å². The summed E-state index contributed by atoms with van der Waals surface area (Å²) in [7, 11) is -0.403. The minimum atomic E-state index is -0.403. The Hall–Kier alpha value is -1.24. The van der Waals surface area contributed by atoms with E-state index < -0.39 is 7.12 Å². The zero-order chi connectivity index (χ0) is 16.0. The lowest BCUT2D eigenvalue weighted by Crippen LogP contribution is -2.41. The molecule has 0 saturated carbocycles. The first-order valence-electron chi connectivity index (χ1n) is 7.22. The van der Waals surface area contributed by atoms with Crippen LogP contribution in [0.4, 0.5) is 0 Å². The maximum Gasteiger partial charge on any atom is 0.496 e. The van der Waals surface area contributed by atoms with E-state index in [1.165, 1.54) is 0 Å². The molecule has 0 N–H and O–H groups in total. The summed E-state index contributed by atoms with van der Waals surface area (Å²) < 4.78 is 13.0. The second kappa shape index (κ2) is 5.44. The quantitative estimate of drug-likeness (QED) is 0.771. The van der Waals surface area contributed by atoms with Crippen molar-refractivity contribution in [1.29, 1.82) is 0 Å². The van der Waals surface area contributed by atoms with E-state index in [1.54, 1.807) is 12.4 Å². The molecule has 0 aliphatic carbocycles. The highest BCUT2D eigenvalue weighted by atomic mass is 79.9. The van der Waals surface area contributed by atoms with Crippen molar-refractivity contribution in [2.75, 3.05) is 0 Å². The average molecular weight is 361 g/mol. The van der Waals surface area contributed by atoms with Crippen LogP contribution in [0.1, 0.15) is 27.7 Å². The lowest BCUT2D eigenvalue weighted by Gasteiger charge is -2.32. The Morgan fingerprint density at radius 1 is 1.05 bits per heavy atom. The van der Waals surface area contributed by atoms with Crippen LogP contribution in [0.15, 0.2) is 41.3 Å². The molecule has 22 heavy (non-hydrogen) atoms. The van der Waals surface area contributed by atoms with Gasteiger partial charge in [0, 0.05) is 34.1 Å². The van der Waals surface area contributed by atoms with Gasteiger partial charge in [0.2, 0.25) is 0 Å². The van der Waals surface area contributed by atoms with Gasteiger partial charge in [-0.25, -0.2) is 0 Å². The monoisotopic (exact) mass is 360 g/mol. The van der Waals surface area contributed by atoms with Gasteiger partial charge in [-0.2, -0.15) is 0 Å². The fraction of sp³-hybridized carbons (Fsp3) is 0.375. The van der Waals surface area contributed by atoms with Crippen LogP contribution in [0.5, 0.6) is 0 Å². The van der Waals surface area contributed by atoms with Gasteiger partial charge >= 0.3 is 7.12 Å². The van der Waals surface area contributed by atoms with Crippen LogP contribution in [-0.2, 0) is 9.31 Å². The van der Waals surface area contributed by atoms with E-state index in [0.29, 0.717) is 0 Å². The maximum atomic E-state index is 6.06. The van der Waals surface area contributed by atoms with Gasteiger partial charge < -0.3 is 9.31 Å². The van der Waals surface area contributed by atoms with Crippen LogP contribution in [0.2, 0.25) is 0 Å². The van der Waals surface area contributed by atoms with Crippen LogP contribution in [-0.4, -0.2) is 28.3 Å². The summed E-state index contributed by atoms with van der Waals surface area (Å²) >= 11 is 3.59. The molecule has 2 aromatic heterocycles. The van der Waals surface area contributed by atoms with Gasteiger partial charge in [-0.1, -0.05) is 0 Å². The molecule has 1 fully saturated rings. The summed E-state index contributed by atoms with van der Waals surface area (Å²) in [6.45, 7) is 8.17. The summed E-state index contributed by atoms with van der Waals surface area (Å²) in [6.07, 6.45) is 5.32. The lowest BCUT2D eigenvalue weighted by atomic mass is 9.80. The van der Waals surface area contributed by atoms with E-state index in [1.807, 2.05) is 52.1 Å². The van der Waals surface area contributed by atoms with Gasteiger partial charge in [0.25, 0.3) is 0 Å². The molecule has 0 atom stereocenters. The second-order valence-electron chi connectivity index (χ2n) is 6.42. The van der Waals surface area contributed by atoms with Crippen molar-refractivity contribution in [2.24, 2.45) is 0 Å². The van der Waals surface area contributed by atoms with E-state index in [2.05, 4.69) is 25.9 Å². The molecule has 2 aromatic rings. The highest BCUT2D eigenvalue weighted by molar-refractivity contribution is 9.10. The summed E-state index contributed by atoms with van der Waals surface area (Å²) in [5.74, 6) is 0. The van der Waals surface area contributed by atoms with Crippen LogP contribution in [0.25, 0.3) is 11.3 Å². The molecule has 3 heterocycles. The third kappa shape index (κ3) is 2.71. The molecular formula is C16H18BBrN2O2. The van der Waals surface area contributed by atoms with Crippen LogP contribution in [0.3, 0.4) is 0 Å². The Bertz CT molecular complexity index is 676. The SMILES string of the molecule is CC1(C)OB(c2cnc(-c3ccncc3)c(Br)c2)OC1(C)C. The molecule has 0 aromatic carbocycles. The molecular weight excluding hydrogens is 343 g/mol. The lowest BCUT2D eigenvalue weighted by molar-refractivity contribution is 0.00578. The Balaban J connectivity index is 1.91. The first-order valence-corrected chi connectivity index (χ1v) is 8.01. The number of nitrogens with zero attached hydrogens (tertiary/aromatic N) is 2. The molecule has 0 amide bonds. The Labute approximate surface area is 139 Å². The minimum Gasteiger partial charge on any atom is -0.399 e. The van der Waals surface area contributed by atoms with Gasteiger partial charge in [-0.05, 0) is 61.8 Å². The number of halogens is 1. The van der Waals surface area contributed by atoms with Gasteiger partial charge in [0.05, 0.1) is 16.9 Å². The van der Waals surface area contributed by atoms with Crippen LogP contribution < -0.4 is 5.46 Å². The molecule has 1 aliphatic rings. The Morgan fingerprint density at radius 3 is 2.18 bits per heavy atom. The van der Waals surface area contributed by atoms with Crippen molar-refractivity contribution in [3.8, 4) is 11.3 Å². The maximum absolute atomic E-state index is 6.06. The van der Waals surface area contributed by atoms with Crippen molar-refractivity contribution in [2.45, 2.75) is 38.9 Å². The van der Waals surface area contributed by atoms with Crippen molar-refractivity contribution in [1.82, 2.24) is 9.97 Å². The minimum absolute atomic E-state index is 0.353. The zero-order valence-corrected chi connectivity index (χ0v) is 14.7.